The Morgan fingerprint density at radius 1 is 1.15 bits per heavy atom. The van der Waals surface area contributed by atoms with Gasteiger partial charge in [-0.3, -0.25) is 19.6 Å². The number of pyridine rings is 1. The zero-order chi connectivity index (χ0) is 17.9. The maximum Gasteiger partial charge on any atom is 0.325 e. The molecule has 1 aliphatic rings. The molecule has 2 aromatic heterocycles. The number of piperazine rings is 1. The van der Waals surface area contributed by atoms with E-state index in [9.17, 15) is 9.90 Å². The lowest BCUT2D eigenvalue weighted by Crippen LogP contribution is -2.48. The summed E-state index contributed by atoms with van der Waals surface area (Å²) in [6, 6.07) is 11.3. The number of hydrogen-bond acceptors (Lipinski definition) is 4. The van der Waals surface area contributed by atoms with Gasteiger partial charge in [-0.25, -0.2) is 0 Å². The van der Waals surface area contributed by atoms with Gasteiger partial charge in [0.25, 0.3) is 0 Å². The van der Waals surface area contributed by atoms with Crippen molar-refractivity contribution in [2.45, 2.75) is 12.6 Å². The Labute approximate surface area is 152 Å². The molecule has 3 aromatic rings. The zero-order valence-electron chi connectivity index (χ0n) is 14.5. The largest absolute Gasteiger partial charge is 0.480 e. The van der Waals surface area contributed by atoms with E-state index < -0.39 is 12.0 Å². The number of carboxylic acid groups (broad SMARTS) is 1. The van der Waals surface area contributed by atoms with E-state index >= 15 is 0 Å². The molecule has 0 aliphatic carbocycles. The Morgan fingerprint density at radius 3 is 2.69 bits per heavy atom. The van der Waals surface area contributed by atoms with Gasteiger partial charge in [-0.15, -0.1) is 0 Å². The van der Waals surface area contributed by atoms with Gasteiger partial charge in [0, 0.05) is 67.8 Å². The van der Waals surface area contributed by atoms with Gasteiger partial charge >= 0.3 is 5.97 Å². The highest BCUT2D eigenvalue weighted by Crippen LogP contribution is 2.29. The molecule has 3 heterocycles. The molecule has 0 saturated carbocycles. The number of H-pyrrole nitrogens is 1. The van der Waals surface area contributed by atoms with Gasteiger partial charge in [0.1, 0.15) is 6.04 Å². The van der Waals surface area contributed by atoms with Crippen LogP contribution in [-0.4, -0.2) is 57.0 Å². The van der Waals surface area contributed by atoms with Crippen LogP contribution in [0.5, 0.6) is 0 Å². The monoisotopic (exact) mass is 350 g/mol. The summed E-state index contributed by atoms with van der Waals surface area (Å²) in [4.78, 5) is 23.8. The summed E-state index contributed by atoms with van der Waals surface area (Å²) in [5.41, 5.74) is 3.00. The predicted molar refractivity (Wildman–Crippen MR) is 99.8 cm³/mol. The van der Waals surface area contributed by atoms with Crippen LogP contribution in [-0.2, 0) is 11.3 Å². The van der Waals surface area contributed by atoms with E-state index in [0.717, 1.165) is 49.2 Å². The van der Waals surface area contributed by atoms with Crippen LogP contribution < -0.4 is 0 Å². The van der Waals surface area contributed by atoms with Crippen LogP contribution in [0.4, 0.5) is 0 Å². The van der Waals surface area contributed by atoms with Gasteiger partial charge in [0.2, 0.25) is 0 Å². The maximum atomic E-state index is 12.0. The van der Waals surface area contributed by atoms with Crippen molar-refractivity contribution in [1.82, 2.24) is 19.8 Å². The topological polar surface area (TPSA) is 72.5 Å². The highest BCUT2D eigenvalue weighted by atomic mass is 16.4. The van der Waals surface area contributed by atoms with Gasteiger partial charge < -0.3 is 10.1 Å². The van der Waals surface area contributed by atoms with Crippen molar-refractivity contribution < 1.29 is 9.90 Å². The number of nitrogens with one attached hydrogen (secondary N) is 1. The van der Waals surface area contributed by atoms with Gasteiger partial charge in [-0.2, -0.15) is 0 Å². The smallest absolute Gasteiger partial charge is 0.325 e. The molecule has 0 spiro atoms. The van der Waals surface area contributed by atoms with Crippen molar-refractivity contribution in [3.05, 3.63) is 66.1 Å². The molecule has 1 fully saturated rings. The number of aromatic nitrogens is 2. The SMILES string of the molecule is O=C(O)[C@@H](c1c[nH]c2ccccc12)N1CCN(Cc2cccnc2)CC1. The molecule has 1 aromatic carbocycles. The molecule has 134 valence electrons. The summed E-state index contributed by atoms with van der Waals surface area (Å²) in [5.74, 6) is -0.796. The van der Waals surface area contributed by atoms with Crippen LogP contribution in [0.2, 0.25) is 0 Å². The lowest BCUT2D eigenvalue weighted by Gasteiger charge is -2.37. The van der Waals surface area contributed by atoms with E-state index in [0.29, 0.717) is 0 Å². The average Bonchev–Trinajstić information content (AvgIpc) is 3.08. The number of benzene rings is 1. The molecule has 2 N–H and O–H groups in total. The quantitative estimate of drug-likeness (QED) is 0.740. The highest BCUT2D eigenvalue weighted by molar-refractivity contribution is 5.89. The second-order valence-electron chi connectivity index (χ2n) is 6.70. The van der Waals surface area contributed by atoms with Gasteiger partial charge in [0.05, 0.1) is 0 Å². The molecule has 0 unspecified atom stereocenters. The highest BCUT2D eigenvalue weighted by Gasteiger charge is 2.32. The molecule has 1 atom stereocenters. The number of carbonyl (C=O) groups is 1. The first-order valence-electron chi connectivity index (χ1n) is 8.86. The summed E-state index contributed by atoms with van der Waals surface area (Å²) in [6.07, 6.45) is 5.50. The average molecular weight is 350 g/mol. The molecule has 6 nitrogen and oxygen atoms in total. The van der Waals surface area contributed by atoms with E-state index in [2.05, 4.69) is 25.8 Å². The summed E-state index contributed by atoms with van der Waals surface area (Å²) < 4.78 is 0. The number of aromatic amines is 1. The number of carboxylic acids is 1. The first-order valence-corrected chi connectivity index (χ1v) is 8.86. The summed E-state index contributed by atoms with van der Waals surface area (Å²) in [7, 11) is 0. The third-order valence-corrected chi connectivity index (χ3v) is 5.05. The van der Waals surface area contributed by atoms with E-state index in [1.54, 1.807) is 6.20 Å². The zero-order valence-corrected chi connectivity index (χ0v) is 14.5. The fourth-order valence-corrected chi connectivity index (χ4v) is 3.74. The first kappa shape index (κ1) is 16.8. The van der Waals surface area contributed by atoms with E-state index in [1.807, 2.05) is 42.7 Å². The normalized spacial score (nSPS) is 17.4. The van der Waals surface area contributed by atoms with Crippen LogP contribution in [0.3, 0.4) is 0 Å². The van der Waals surface area contributed by atoms with Gasteiger partial charge in [0.15, 0.2) is 0 Å². The number of para-hydroxylation sites is 1. The molecule has 6 heteroatoms. The van der Waals surface area contributed by atoms with Crippen molar-refractivity contribution in [2.24, 2.45) is 0 Å². The minimum absolute atomic E-state index is 0.619. The summed E-state index contributed by atoms with van der Waals surface area (Å²) >= 11 is 0. The number of hydrogen-bond donors (Lipinski definition) is 2. The van der Waals surface area contributed by atoms with Crippen LogP contribution >= 0.6 is 0 Å². The fourth-order valence-electron chi connectivity index (χ4n) is 3.74. The second-order valence-corrected chi connectivity index (χ2v) is 6.70. The van der Waals surface area contributed by atoms with E-state index in [-0.39, 0.29) is 0 Å². The predicted octanol–water partition coefficient (Wildman–Crippen LogP) is 2.51. The van der Waals surface area contributed by atoms with Crippen LogP contribution in [0, 0.1) is 0 Å². The molecule has 26 heavy (non-hydrogen) atoms. The second kappa shape index (κ2) is 7.27. The molecule has 0 radical (unpaired) electrons. The first-order chi connectivity index (χ1) is 12.7. The van der Waals surface area contributed by atoms with E-state index in [4.69, 9.17) is 0 Å². The fraction of sp³-hybridized carbons (Fsp3) is 0.300. The molecule has 0 bridgehead atoms. The lowest BCUT2D eigenvalue weighted by molar-refractivity contribution is -0.144. The van der Waals surface area contributed by atoms with Crippen molar-refractivity contribution in [2.75, 3.05) is 26.2 Å². The molecule has 0 amide bonds. The maximum absolute atomic E-state index is 12.0. The number of rotatable bonds is 5. The van der Waals surface area contributed by atoms with Crippen LogP contribution in [0.15, 0.2) is 55.0 Å². The number of nitrogens with zero attached hydrogens (tertiary/aromatic N) is 3. The Morgan fingerprint density at radius 2 is 1.96 bits per heavy atom. The number of fused-ring (bicyclic) bond motifs is 1. The van der Waals surface area contributed by atoms with Crippen molar-refractivity contribution in [1.29, 1.82) is 0 Å². The Kier molecular flexibility index (Phi) is 4.69. The molecular formula is C20H22N4O2. The van der Waals surface area contributed by atoms with Crippen LogP contribution in [0.1, 0.15) is 17.2 Å². The summed E-state index contributed by atoms with van der Waals surface area (Å²) in [5, 5.41) is 10.9. The van der Waals surface area contributed by atoms with E-state index in [1.165, 1.54) is 5.56 Å². The summed E-state index contributed by atoms with van der Waals surface area (Å²) in [6.45, 7) is 4.02. The number of aliphatic carboxylic acids is 1. The standard InChI is InChI=1S/C20H22N4O2/c25-20(26)19(17-13-22-18-6-2-1-5-16(17)18)24-10-8-23(9-11-24)14-15-4-3-7-21-12-15/h1-7,12-13,19,22H,8-11,14H2,(H,25,26)/t19-/m1/s1. The molecule has 4 rings (SSSR count). The minimum atomic E-state index is -0.796. The van der Waals surface area contributed by atoms with Crippen molar-refractivity contribution in [3.63, 3.8) is 0 Å². The third kappa shape index (κ3) is 3.34. The minimum Gasteiger partial charge on any atom is -0.480 e. The van der Waals surface area contributed by atoms with Crippen molar-refractivity contribution >= 4 is 16.9 Å². The molecular weight excluding hydrogens is 328 g/mol. The molecule has 1 saturated heterocycles. The van der Waals surface area contributed by atoms with Gasteiger partial charge in [-0.05, 0) is 17.7 Å². The van der Waals surface area contributed by atoms with Crippen molar-refractivity contribution in [3.8, 4) is 0 Å². The Hall–Kier alpha value is -2.70. The Bertz CT molecular complexity index is 885. The Balaban J connectivity index is 1.48. The van der Waals surface area contributed by atoms with Crippen LogP contribution in [0.25, 0.3) is 10.9 Å². The molecule has 1 aliphatic heterocycles. The lowest BCUT2D eigenvalue weighted by atomic mass is 10.0. The third-order valence-electron chi connectivity index (χ3n) is 5.05. The van der Waals surface area contributed by atoms with Gasteiger partial charge in [-0.1, -0.05) is 24.3 Å².